The molecule has 0 aliphatic heterocycles. The molecule has 0 bridgehead atoms. The molecule has 1 heterocycles. The summed E-state index contributed by atoms with van der Waals surface area (Å²) < 4.78 is 2.32. The Bertz CT molecular complexity index is 333. The zero-order chi connectivity index (χ0) is 10.8. The Morgan fingerprint density at radius 1 is 1.06 bits per heavy atom. The van der Waals surface area contributed by atoms with Crippen LogP contribution in [0, 0.1) is 0 Å². The van der Waals surface area contributed by atoms with E-state index in [2.05, 4.69) is 21.1 Å². The fraction of sp³-hybridized carbons (Fsp3) is 0.769. The lowest BCUT2D eigenvalue weighted by Crippen LogP contribution is -2.20. The Morgan fingerprint density at radius 3 is 2.50 bits per heavy atom. The lowest BCUT2D eigenvalue weighted by molar-refractivity contribution is 0.605. The summed E-state index contributed by atoms with van der Waals surface area (Å²) in [5, 5.41) is 3.64. The maximum Gasteiger partial charge on any atom is 0.203 e. The third kappa shape index (κ3) is 2.23. The third-order valence-corrected chi connectivity index (χ3v) is 3.80. The molecule has 3 rings (SSSR count). The van der Waals surface area contributed by atoms with E-state index in [-0.39, 0.29) is 0 Å². The summed E-state index contributed by atoms with van der Waals surface area (Å²) in [5.41, 5.74) is 0. The molecule has 1 aromatic rings. The Balaban J connectivity index is 1.65. The van der Waals surface area contributed by atoms with Crippen LogP contribution >= 0.6 is 0 Å². The number of anilines is 1. The number of hydrogen-bond donors (Lipinski definition) is 1. The highest BCUT2D eigenvalue weighted by Crippen LogP contribution is 2.37. The molecule has 0 amide bonds. The predicted molar refractivity (Wildman–Crippen MR) is 65.6 cm³/mol. The highest BCUT2D eigenvalue weighted by Gasteiger charge is 2.26. The van der Waals surface area contributed by atoms with Gasteiger partial charge >= 0.3 is 0 Å². The quantitative estimate of drug-likeness (QED) is 0.790. The molecule has 1 aromatic heterocycles. The number of hydrogen-bond acceptors (Lipinski definition) is 2. The lowest BCUT2D eigenvalue weighted by Gasteiger charge is -2.17. The first-order valence-electron chi connectivity index (χ1n) is 6.73. The molecule has 2 saturated carbocycles. The standard InChI is InChI=1S/C13H21N3/c1-2-4-6-11(5-3-1)15-13-14-9-10-16(13)12-7-8-12/h9-12H,1-8H2,(H,14,15). The van der Waals surface area contributed by atoms with Crippen LogP contribution in [0.15, 0.2) is 12.4 Å². The van der Waals surface area contributed by atoms with Gasteiger partial charge in [-0.2, -0.15) is 0 Å². The van der Waals surface area contributed by atoms with Crippen molar-refractivity contribution in [1.29, 1.82) is 0 Å². The highest BCUT2D eigenvalue weighted by atomic mass is 15.2. The largest absolute Gasteiger partial charge is 0.353 e. The first kappa shape index (κ1) is 10.2. The van der Waals surface area contributed by atoms with Gasteiger partial charge in [0, 0.05) is 24.5 Å². The Labute approximate surface area is 97.3 Å². The Hall–Kier alpha value is -0.990. The van der Waals surface area contributed by atoms with Crippen LogP contribution in [0.2, 0.25) is 0 Å². The normalized spacial score (nSPS) is 23.0. The van der Waals surface area contributed by atoms with Crippen molar-refractivity contribution < 1.29 is 0 Å². The van der Waals surface area contributed by atoms with Gasteiger partial charge in [0.05, 0.1) is 0 Å². The molecule has 0 aromatic carbocycles. The smallest absolute Gasteiger partial charge is 0.203 e. The molecule has 2 fully saturated rings. The van der Waals surface area contributed by atoms with E-state index in [1.807, 2.05) is 6.20 Å². The molecule has 1 N–H and O–H groups in total. The average Bonchev–Trinajstić information content (AvgIpc) is 3.07. The molecular weight excluding hydrogens is 198 g/mol. The second-order valence-electron chi connectivity index (χ2n) is 5.22. The van der Waals surface area contributed by atoms with E-state index in [9.17, 15) is 0 Å². The van der Waals surface area contributed by atoms with Gasteiger partial charge < -0.3 is 9.88 Å². The summed E-state index contributed by atoms with van der Waals surface area (Å²) in [4.78, 5) is 4.45. The van der Waals surface area contributed by atoms with Crippen molar-refractivity contribution in [2.45, 2.75) is 63.5 Å². The molecule has 2 aliphatic carbocycles. The molecule has 0 spiro atoms. The first-order valence-corrected chi connectivity index (χ1v) is 6.73. The van der Waals surface area contributed by atoms with E-state index in [1.165, 1.54) is 51.4 Å². The zero-order valence-electron chi connectivity index (χ0n) is 9.86. The number of aromatic nitrogens is 2. The van der Waals surface area contributed by atoms with Crippen LogP contribution < -0.4 is 5.32 Å². The van der Waals surface area contributed by atoms with Gasteiger partial charge in [-0.3, -0.25) is 0 Å². The Kier molecular flexibility index (Phi) is 2.85. The van der Waals surface area contributed by atoms with Gasteiger partial charge in [0.15, 0.2) is 0 Å². The van der Waals surface area contributed by atoms with Crippen LogP contribution in [0.1, 0.15) is 57.4 Å². The molecule has 3 heteroatoms. The van der Waals surface area contributed by atoms with E-state index < -0.39 is 0 Å². The van der Waals surface area contributed by atoms with Crippen molar-refractivity contribution in [1.82, 2.24) is 9.55 Å². The topological polar surface area (TPSA) is 29.9 Å². The molecule has 3 nitrogen and oxygen atoms in total. The van der Waals surface area contributed by atoms with Crippen molar-refractivity contribution in [3.63, 3.8) is 0 Å². The van der Waals surface area contributed by atoms with Crippen LogP contribution in [0.25, 0.3) is 0 Å². The summed E-state index contributed by atoms with van der Waals surface area (Å²) in [5.74, 6) is 1.11. The molecule has 16 heavy (non-hydrogen) atoms. The average molecular weight is 219 g/mol. The minimum atomic E-state index is 0.655. The van der Waals surface area contributed by atoms with Gasteiger partial charge in [-0.05, 0) is 25.7 Å². The van der Waals surface area contributed by atoms with Crippen LogP contribution in [0.4, 0.5) is 5.95 Å². The number of rotatable bonds is 3. The van der Waals surface area contributed by atoms with Crippen molar-refractivity contribution in [2.24, 2.45) is 0 Å². The van der Waals surface area contributed by atoms with E-state index in [4.69, 9.17) is 0 Å². The van der Waals surface area contributed by atoms with Crippen LogP contribution in [-0.4, -0.2) is 15.6 Å². The van der Waals surface area contributed by atoms with E-state index in [0.717, 1.165) is 12.0 Å². The number of nitrogens with one attached hydrogen (secondary N) is 1. The molecule has 88 valence electrons. The summed E-state index contributed by atoms with van der Waals surface area (Å²) in [6.45, 7) is 0. The lowest BCUT2D eigenvalue weighted by atomic mass is 10.1. The highest BCUT2D eigenvalue weighted by molar-refractivity contribution is 5.29. The second-order valence-corrected chi connectivity index (χ2v) is 5.22. The maximum atomic E-state index is 4.45. The van der Waals surface area contributed by atoms with Gasteiger partial charge in [-0.1, -0.05) is 25.7 Å². The van der Waals surface area contributed by atoms with Crippen molar-refractivity contribution in [3.05, 3.63) is 12.4 Å². The van der Waals surface area contributed by atoms with Gasteiger partial charge in [0.2, 0.25) is 5.95 Å². The van der Waals surface area contributed by atoms with E-state index in [1.54, 1.807) is 0 Å². The summed E-state index contributed by atoms with van der Waals surface area (Å²) in [6.07, 6.45) is 14.9. The van der Waals surface area contributed by atoms with E-state index >= 15 is 0 Å². The van der Waals surface area contributed by atoms with Crippen LogP contribution in [-0.2, 0) is 0 Å². The van der Waals surface area contributed by atoms with Crippen molar-refractivity contribution in [2.75, 3.05) is 5.32 Å². The van der Waals surface area contributed by atoms with Gasteiger partial charge in [-0.25, -0.2) is 4.98 Å². The minimum Gasteiger partial charge on any atom is -0.353 e. The van der Waals surface area contributed by atoms with Gasteiger partial charge in [-0.15, -0.1) is 0 Å². The number of imidazole rings is 1. The fourth-order valence-corrected chi connectivity index (χ4v) is 2.68. The molecule has 2 aliphatic rings. The first-order chi connectivity index (χ1) is 7.93. The number of nitrogens with zero attached hydrogens (tertiary/aromatic N) is 2. The molecule has 0 saturated heterocycles. The van der Waals surface area contributed by atoms with Crippen LogP contribution in [0.5, 0.6) is 0 Å². The molecule has 0 unspecified atom stereocenters. The van der Waals surface area contributed by atoms with Gasteiger partial charge in [0.1, 0.15) is 0 Å². The van der Waals surface area contributed by atoms with Crippen molar-refractivity contribution in [3.8, 4) is 0 Å². The predicted octanol–water partition coefficient (Wildman–Crippen LogP) is 3.35. The van der Waals surface area contributed by atoms with Gasteiger partial charge in [0.25, 0.3) is 0 Å². The molecule has 0 radical (unpaired) electrons. The van der Waals surface area contributed by atoms with Crippen molar-refractivity contribution >= 4 is 5.95 Å². The zero-order valence-corrected chi connectivity index (χ0v) is 9.86. The van der Waals surface area contributed by atoms with E-state index in [0.29, 0.717) is 6.04 Å². The van der Waals surface area contributed by atoms with Crippen LogP contribution in [0.3, 0.4) is 0 Å². The maximum absolute atomic E-state index is 4.45. The third-order valence-electron chi connectivity index (χ3n) is 3.80. The monoisotopic (exact) mass is 219 g/mol. The minimum absolute atomic E-state index is 0.655. The SMILES string of the molecule is c1cn(C2CC2)c(NC2CCCCCC2)n1. The molecule has 0 atom stereocenters. The Morgan fingerprint density at radius 2 is 1.81 bits per heavy atom. The summed E-state index contributed by atoms with van der Waals surface area (Å²) in [7, 11) is 0. The summed E-state index contributed by atoms with van der Waals surface area (Å²) >= 11 is 0. The second kappa shape index (κ2) is 4.48. The molecular formula is C13H21N3. The fourth-order valence-electron chi connectivity index (χ4n) is 2.68. The summed E-state index contributed by atoms with van der Waals surface area (Å²) in [6, 6.07) is 1.39.